The van der Waals surface area contributed by atoms with E-state index in [0.717, 1.165) is 24.4 Å². The Bertz CT molecular complexity index is 390. The number of rotatable bonds is 4. The first kappa shape index (κ1) is 12.9. The minimum Gasteiger partial charge on any atom is -0.311 e. The van der Waals surface area contributed by atoms with Gasteiger partial charge in [-0.3, -0.25) is 4.79 Å². The maximum absolute atomic E-state index is 11.4. The second-order valence-corrected chi connectivity index (χ2v) is 5.04. The minimum absolute atomic E-state index is 0.0369. The normalized spacial score (nSPS) is 11.8. The zero-order chi connectivity index (χ0) is 12.2. The minimum atomic E-state index is -0.0656. The molecule has 0 spiro atoms. The summed E-state index contributed by atoms with van der Waals surface area (Å²) in [7, 11) is 0. The molecule has 1 aromatic rings. The summed E-state index contributed by atoms with van der Waals surface area (Å²) in [5, 5.41) is 3.32. The van der Waals surface area contributed by atoms with Gasteiger partial charge in [-0.2, -0.15) is 0 Å². The van der Waals surface area contributed by atoms with Gasteiger partial charge in [0.25, 0.3) is 5.56 Å². The molecule has 16 heavy (non-hydrogen) atoms. The number of hydrogen-bond donors (Lipinski definition) is 2. The van der Waals surface area contributed by atoms with Crippen molar-refractivity contribution in [1.29, 1.82) is 0 Å². The third kappa shape index (κ3) is 4.57. The van der Waals surface area contributed by atoms with Crippen LogP contribution in [0.25, 0.3) is 0 Å². The molecule has 0 aliphatic heterocycles. The molecule has 0 atom stereocenters. The first-order valence-corrected chi connectivity index (χ1v) is 5.75. The lowest BCUT2D eigenvalue weighted by atomic mass is 10.1. The van der Waals surface area contributed by atoms with Gasteiger partial charge in [-0.05, 0) is 27.2 Å². The number of aryl methyl sites for hydroxylation is 1. The molecule has 2 N–H and O–H groups in total. The SMILES string of the molecule is CCCc1nc(CNC(C)(C)C)cc(=O)[nH]1. The predicted octanol–water partition coefficient (Wildman–Crippen LogP) is 1.61. The number of aromatic amines is 1. The van der Waals surface area contributed by atoms with E-state index < -0.39 is 0 Å². The van der Waals surface area contributed by atoms with Gasteiger partial charge < -0.3 is 10.3 Å². The summed E-state index contributed by atoms with van der Waals surface area (Å²) in [5.41, 5.74) is 0.779. The summed E-state index contributed by atoms with van der Waals surface area (Å²) in [4.78, 5) is 18.5. The lowest BCUT2D eigenvalue weighted by molar-refractivity contribution is 0.420. The van der Waals surface area contributed by atoms with Crippen LogP contribution in [0, 0.1) is 0 Å². The fourth-order valence-electron chi connectivity index (χ4n) is 1.36. The Morgan fingerprint density at radius 3 is 2.69 bits per heavy atom. The molecule has 90 valence electrons. The van der Waals surface area contributed by atoms with Gasteiger partial charge in [0.2, 0.25) is 0 Å². The van der Waals surface area contributed by atoms with Crippen LogP contribution in [0.4, 0.5) is 0 Å². The van der Waals surface area contributed by atoms with Gasteiger partial charge in [-0.15, -0.1) is 0 Å². The average Bonchev–Trinajstić information content (AvgIpc) is 2.13. The van der Waals surface area contributed by atoms with Crippen LogP contribution in [0.3, 0.4) is 0 Å². The van der Waals surface area contributed by atoms with E-state index in [1.54, 1.807) is 6.07 Å². The van der Waals surface area contributed by atoms with Crippen LogP contribution >= 0.6 is 0 Å². The van der Waals surface area contributed by atoms with E-state index in [1.807, 2.05) is 0 Å². The van der Waals surface area contributed by atoms with Gasteiger partial charge in [0.1, 0.15) is 5.82 Å². The van der Waals surface area contributed by atoms with Crippen molar-refractivity contribution in [2.24, 2.45) is 0 Å². The monoisotopic (exact) mass is 223 g/mol. The van der Waals surface area contributed by atoms with Crippen LogP contribution in [0.5, 0.6) is 0 Å². The quantitative estimate of drug-likeness (QED) is 0.815. The summed E-state index contributed by atoms with van der Waals surface area (Å²) in [6.45, 7) is 8.97. The van der Waals surface area contributed by atoms with Crippen LogP contribution in [0.15, 0.2) is 10.9 Å². The average molecular weight is 223 g/mol. The number of H-pyrrole nitrogens is 1. The third-order valence-corrected chi connectivity index (χ3v) is 2.13. The predicted molar refractivity (Wildman–Crippen MR) is 65.4 cm³/mol. The van der Waals surface area contributed by atoms with Gasteiger partial charge >= 0.3 is 0 Å². The van der Waals surface area contributed by atoms with E-state index in [4.69, 9.17) is 0 Å². The molecular formula is C12H21N3O. The van der Waals surface area contributed by atoms with Crippen molar-refractivity contribution in [3.8, 4) is 0 Å². The Morgan fingerprint density at radius 1 is 1.44 bits per heavy atom. The Labute approximate surface area is 96.5 Å². The molecule has 0 amide bonds. The van der Waals surface area contributed by atoms with Crippen molar-refractivity contribution in [2.45, 2.75) is 52.6 Å². The Morgan fingerprint density at radius 2 is 2.12 bits per heavy atom. The number of nitrogens with one attached hydrogen (secondary N) is 2. The first-order chi connectivity index (χ1) is 7.40. The fraction of sp³-hybridized carbons (Fsp3) is 0.667. The molecule has 0 unspecified atom stereocenters. The molecule has 0 radical (unpaired) electrons. The van der Waals surface area contributed by atoms with Crippen molar-refractivity contribution in [1.82, 2.24) is 15.3 Å². The molecule has 4 nitrogen and oxygen atoms in total. The van der Waals surface area contributed by atoms with Crippen molar-refractivity contribution in [2.75, 3.05) is 0 Å². The summed E-state index contributed by atoms with van der Waals surface area (Å²) in [5.74, 6) is 0.778. The largest absolute Gasteiger partial charge is 0.311 e. The molecule has 0 saturated carbocycles. The zero-order valence-electron chi connectivity index (χ0n) is 10.6. The highest BCUT2D eigenvalue weighted by atomic mass is 16.1. The highest BCUT2D eigenvalue weighted by Crippen LogP contribution is 2.01. The highest BCUT2D eigenvalue weighted by molar-refractivity contribution is 5.03. The Kier molecular flexibility index (Phi) is 4.24. The zero-order valence-corrected chi connectivity index (χ0v) is 10.6. The number of hydrogen-bond acceptors (Lipinski definition) is 3. The molecule has 4 heteroatoms. The summed E-state index contributed by atoms with van der Waals surface area (Å²) >= 11 is 0. The highest BCUT2D eigenvalue weighted by Gasteiger charge is 2.09. The van der Waals surface area contributed by atoms with E-state index in [1.165, 1.54) is 0 Å². The van der Waals surface area contributed by atoms with Gasteiger partial charge in [0.05, 0.1) is 5.69 Å². The summed E-state index contributed by atoms with van der Waals surface area (Å²) in [6, 6.07) is 1.55. The van der Waals surface area contributed by atoms with Gasteiger partial charge in [-0.25, -0.2) is 4.98 Å². The Balaban J connectivity index is 2.76. The van der Waals surface area contributed by atoms with Crippen LogP contribution < -0.4 is 10.9 Å². The topological polar surface area (TPSA) is 57.8 Å². The molecule has 0 fully saturated rings. The fourth-order valence-corrected chi connectivity index (χ4v) is 1.36. The first-order valence-electron chi connectivity index (χ1n) is 5.75. The molecule has 0 saturated heterocycles. The van der Waals surface area contributed by atoms with Gasteiger partial charge in [0.15, 0.2) is 0 Å². The lowest BCUT2D eigenvalue weighted by Gasteiger charge is -2.20. The second-order valence-electron chi connectivity index (χ2n) is 5.04. The summed E-state index contributed by atoms with van der Waals surface area (Å²) < 4.78 is 0. The van der Waals surface area contributed by atoms with E-state index >= 15 is 0 Å². The van der Waals surface area contributed by atoms with Crippen LogP contribution in [-0.4, -0.2) is 15.5 Å². The second kappa shape index (κ2) is 5.25. The van der Waals surface area contributed by atoms with Gasteiger partial charge in [-0.1, -0.05) is 6.92 Å². The molecular weight excluding hydrogens is 202 g/mol. The van der Waals surface area contributed by atoms with E-state index in [0.29, 0.717) is 6.54 Å². The van der Waals surface area contributed by atoms with E-state index in [9.17, 15) is 4.79 Å². The molecule has 1 heterocycles. The van der Waals surface area contributed by atoms with Gasteiger partial charge in [0, 0.05) is 24.6 Å². The molecule has 0 aromatic carbocycles. The lowest BCUT2D eigenvalue weighted by Crippen LogP contribution is -2.35. The number of nitrogens with zero attached hydrogens (tertiary/aromatic N) is 1. The number of aromatic nitrogens is 2. The van der Waals surface area contributed by atoms with Crippen molar-refractivity contribution in [3.63, 3.8) is 0 Å². The molecule has 0 aliphatic carbocycles. The standard InChI is InChI=1S/C12H21N3O/c1-5-6-10-14-9(7-11(16)15-10)8-13-12(2,3)4/h7,13H,5-6,8H2,1-4H3,(H,14,15,16). The van der Waals surface area contributed by atoms with Crippen LogP contribution in [-0.2, 0) is 13.0 Å². The van der Waals surface area contributed by atoms with E-state index in [-0.39, 0.29) is 11.1 Å². The molecule has 1 aromatic heterocycles. The summed E-state index contributed by atoms with van der Waals surface area (Å²) in [6.07, 6.45) is 1.80. The maximum Gasteiger partial charge on any atom is 0.251 e. The third-order valence-electron chi connectivity index (χ3n) is 2.13. The molecule has 1 rings (SSSR count). The van der Waals surface area contributed by atoms with Crippen molar-refractivity contribution in [3.05, 3.63) is 27.9 Å². The maximum atomic E-state index is 11.4. The smallest absolute Gasteiger partial charge is 0.251 e. The molecule has 0 aliphatic rings. The van der Waals surface area contributed by atoms with Crippen LogP contribution in [0.1, 0.15) is 45.6 Å². The van der Waals surface area contributed by atoms with Crippen LogP contribution in [0.2, 0.25) is 0 Å². The van der Waals surface area contributed by atoms with Crippen molar-refractivity contribution < 1.29 is 0 Å². The molecule has 0 bridgehead atoms. The Hall–Kier alpha value is -1.16. The van der Waals surface area contributed by atoms with Crippen molar-refractivity contribution >= 4 is 0 Å². The van der Waals surface area contributed by atoms with E-state index in [2.05, 4.69) is 43.0 Å².